The van der Waals surface area contributed by atoms with Crippen LogP contribution in [0.15, 0.2) is 71.6 Å². The van der Waals surface area contributed by atoms with Gasteiger partial charge in [-0.2, -0.15) is 0 Å². The molecule has 1 aliphatic rings. The third kappa shape index (κ3) is 5.23. The van der Waals surface area contributed by atoms with E-state index in [-0.39, 0.29) is 23.4 Å². The number of nitrogens with one attached hydrogen (secondary N) is 1. The largest absolute Gasteiger partial charge is 0.348 e. The van der Waals surface area contributed by atoms with E-state index in [2.05, 4.69) is 17.4 Å². The van der Waals surface area contributed by atoms with Crippen LogP contribution >= 0.6 is 11.6 Å². The topological polar surface area (TPSA) is 66.5 Å². The number of anilines is 1. The van der Waals surface area contributed by atoms with Crippen LogP contribution in [-0.2, 0) is 27.7 Å². The first-order valence-electron chi connectivity index (χ1n) is 11.0. The quantitative estimate of drug-likeness (QED) is 0.502. The number of amides is 1. The zero-order valence-corrected chi connectivity index (χ0v) is 20.3. The van der Waals surface area contributed by atoms with E-state index in [0.29, 0.717) is 10.7 Å². The highest BCUT2D eigenvalue weighted by atomic mass is 35.5. The van der Waals surface area contributed by atoms with Crippen LogP contribution in [0.4, 0.5) is 5.69 Å². The summed E-state index contributed by atoms with van der Waals surface area (Å²) in [5.41, 5.74) is 5.15. The van der Waals surface area contributed by atoms with Crippen LogP contribution in [0.25, 0.3) is 0 Å². The molecule has 0 spiro atoms. The van der Waals surface area contributed by atoms with Crippen molar-refractivity contribution in [3.05, 3.63) is 94.0 Å². The third-order valence-corrected chi connectivity index (χ3v) is 8.05. The first-order valence-corrected chi connectivity index (χ1v) is 12.8. The molecule has 0 saturated carbocycles. The van der Waals surface area contributed by atoms with Crippen molar-refractivity contribution in [1.82, 2.24) is 5.32 Å². The maximum Gasteiger partial charge on any atom is 0.264 e. The Kier molecular flexibility index (Phi) is 6.77. The van der Waals surface area contributed by atoms with Gasteiger partial charge in [0.15, 0.2) is 0 Å². The molecular weight excluding hydrogens is 456 g/mol. The summed E-state index contributed by atoms with van der Waals surface area (Å²) in [5, 5.41) is 3.41. The SMILES string of the molecule is Cc1ccc(N(CC(=O)NC(C)c2ccc3c(c2)CCC3)S(=O)(=O)c2ccc(Cl)cc2)cc1. The lowest BCUT2D eigenvalue weighted by Gasteiger charge is -2.25. The van der Waals surface area contributed by atoms with E-state index in [1.165, 1.54) is 35.4 Å². The zero-order chi connectivity index (χ0) is 23.6. The van der Waals surface area contributed by atoms with Crippen LogP contribution in [0.5, 0.6) is 0 Å². The van der Waals surface area contributed by atoms with Crippen molar-refractivity contribution in [3.63, 3.8) is 0 Å². The van der Waals surface area contributed by atoms with E-state index in [1.807, 2.05) is 32.0 Å². The van der Waals surface area contributed by atoms with Crippen LogP contribution in [0.1, 0.15) is 41.6 Å². The van der Waals surface area contributed by atoms with E-state index < -0.39 is 10.0 Å². The van der Waals surface area contributed by atoms with Crippen molar-refractivity contribution < 1.29 is 13.2 Å². The molecule has 0 fully saturated rings. The van der Waals surface area contributed by atoms with Gasteiger partial charge in [0.05, 0.1) is 16.6 Å². The molecule has 0 saturated heterocycles. The van der Waals surface area contributed by atoms with Crippen molar-refractivity contribution in [1.29, 1.82) is 0 Å². The minimum atomic E-state index is -3.97. The van der Waals surface area contributed by atoms with Gasteiger partial charge in [-0.25, -0.2) is 8.42 Å². The Labute approximate surface area is 200 Å². The van der Waals surface area contributed by atoms with Crippen LogP contribution in [0.2, 0.25) is 5.02 Å². The number of fused-ring (bicyclic) bond motifs is 1. The zero-order valence-electron chi connectivity index (χ0n) is 18.7. The Hall–Kier alpha value is -2.83. The number of carbonyl (C=O) groups excluding carboxylic acids is 1. The van der Waals surface area contributed by atoms with E-state index in [4.69, 9.17) is 11.6 Å². The summed E-state index contributed by atoms with van der Waals surface area (Å²) in [7, 11) is -3.97. The van der Waals surface area contributed by atoms with Gasteiger partial charge in [0, 0.05) is 5.02 Å². The average Bonchev–Trinajstić information content (AvgIpc) is 3.26. The third-order valence-electron chi connectivity index (χ3n) is 6.01. The summed E-state index contributed by atoms with van der Waals surface area (Å²) in [6, 6.07) is 19.1. The molecule has 0 heterocycles. The highest BCUT2D eigenvalue weighted by molar-refractivity contribution is 7.92. The molecule has 4 rings (SSSR count). The molecule has 33 heavy (non-hydrogen) atoms. The molecular formula is C26H27ClN2O3S. The number of carbonyl (C=O) groups is 1. The average molecular weight is 483 g/mol. The van der Waals surface area contributed by atoms with E-state index in [9.17, 15) is 13.2 Å². The van der Waals surface area contributed by atoms with E-state index in [0.717, 1.165) is 34.7 Å². The molecule has 0 bridgehead atoms. The molecule has 3 aromatic carbocycles. The van der Waals surface area contributed by atoms with Gasteiger partial charge in [0.25, 0.3) is 10.0 Å². The van der Waals surface area contributed by atoms with Gasteiger partial charge in [-0.15, -0.1) is 0 Å². The molecule has 1 atom stereocenters. The Balaban J connectivity index is 1.57. The molecule has 1 N–H and O–H groups in total. The maximum absolute atomic E-state index is 13.5. The minimum absolute atomic E-state index is 0.0759. The Bertz CT molecular complexity index is 1260. The maximum atomic E-state index is 13.5. The van der Waals surface area contributed by atoms with Gasteiger partial charge >= 0.3 is 0 Å². The van der Waals surface area contributed by atoms with Crippen molar-refractivity contribution >= 4 is 33.2 Å². The summed E-state index contributed by atoms with van der Waals surface area (Å²) in [6.07, 6.45) is 3.32. The molecule has 3 aromatic rings. The number of sulfonamides is 1. The Morgan fingerprint density at radius 3 is 2.36 bits per heavy atom. The van der Waals surface area contributed by atoms with E-state index >= 15 is 0 Å². The van der Waals surface area contributed by atoms with Gasteiger partial charge in [-0.05, 0) is 86.2 Å². The lowest BCUT2D eigenvalue weighted by molar-refractivity contribution is -0.120. The molecule has 5 nitrogen and oxygen atoms in total. The van der Waals surface area contributed by atoms with Crippen LogP contribution in [0.3, 0.4) is 0 Å². The van der Waals surface area contributed by atoms with Gasteiger partial charge in [-0.3, -0.25) is 9.10 Å². The highest BCUT2D eigenvalue weighted by Crippen LogP contribution is 2.27. The normalized spacial score (nSPS) is 13.9. The van der Waals surface area contributed by atoms with E-state index in [1.54, 1.807) is 12.1 Å². The highest BCUT2D eigenvalue weighted by Gasteiger charge is 2.28. The number of hydrogen-bond acceptors (Lipinski definition) is 3. The van der Waals surface area contributed by atoms with Gasteiger partial charge in [0.1, 0.15) is 6.54 Å². The first kappa shape index (κ1) is 23.3. The second-order valence-electron chi connectivity index (χ2n) is 8.47. The number of halogens is 1. The summed E-state index contributed by atoms with van der Waals surface area (Å²) in [6.45, 7) is 3.51. The molecule has 0 aliphatic heterocycles. The summed E-state index contributed by atoms with van der Waals surface area (Å²) in [5.74, 6) is -0.374. The van der Waals surface area contributed by atoms with Gasteiger partial charge in [-0.1, -0.05) is 47.5 Å². The minimum Gasteiger partial charge on any atom is -0.348 e. The van der Waals surface area contributed by atoms with Crippen molar-refractivity contribution in [2.45, 2.75) is 44.0 Å². The fraction of sp³-hybridized carbons (Fsp3) is 0.269. The van der Waals surface area contributed by atoms with Crippen molar-refractivity contribution in [2.75, 3.05) is 10.8 Å². The molecule has 0 radical (unpaired) electrons. The lowest BCUT2D eigenvalue weighted by atomic mass is 10.0. The number of rotatable bonds is 7. The van der Waals surface area contributed by atoms with Crippen molar-refractivity contribution in [3.8, 4) is 0 Å². The monoisotopic (exact) mass is 482 g/mol. The van der Waals surface area contributed by atoms with Gasteiger partial charge in [0.2, 0.25) is 5.91 Å². The molecule has 1 unspecified atom stereocenters. The molecule has 1 aliphatic carbocycles. The molecule has 172 valence electrons. The van der Waals surface area contributed by atoms with Crippen LogP contribution < -0.4 is 9.62 Å². The fourth-order valence-corrected chi connectivity index (χ4v) is 5.67. The molecule has 0 aromatic heterocycles. The second kappa shape index (κ2) is 9.57. The summed E-state index contributed by atoms with van der Waals surface area (Å²) >= 11 is 5.94. The first-order chi connectivity index (χ1) is 15.7. The van der Waals surface area contributed by atoms with Gasteiger partial charge < -0.3 is 5.32 Å². The predicted molar refractivity (Wildman–Crippen MR) is 132 cm³/mol. The van der Waals surface area contributed by atoms with Crippen LogP contribution in [0, 0.1) is 6.92 Å². The smallest absolute Gasteiger partial charge is 0.264 e. The second-order valence-corrected chi connectivity index (χ2v) is 10.8. The molecule has 1 amide bonds. The standard InChI is InChI=1S/C26H27ClN2O3S/c1-18-6-12-24(13-7-18)29(33(31,32)25-14-10-23(27)11-15-25)17-26(30)28-19(2)21-9-8-20-4-3-5-22(20)16-21/h6-16,19H,3-5,17H2,1-2H3,(H,28,30). The van der Waals surface area contributed by atoms with Crippen molar-refractivity contribution in [2.24, 2.45) is 0 Å². The Morgan fingerprint density at radius 2 is 1.67 bits per heavy atom. The summed E-state index contributed by atoms with van der Waals surface area (Å²) < 4.78 is 28.0. The molecule has 7 heteroatoms. The predicted octanol–water partition coefficient (Wildman–Crippen LogP) is 5.21. The number of aryl methyl sites for hydroxylation is 3. The van der Waals surface area contributed by atoms with Crippen LogP contribution in [-0.4, -0.2) is 20.9 Å². The Morgan fingerprint density at radius 1 is 1.00 bits per heavy atom. The number of nitrogens with zero attached hydrogens (tertiary/aromatic N) is 1. The fourth-order valence-electron chi connectivity index (χ4n) is 4.12. The summed E-state index contributed by atoms with van der Waals surface area (Å²) in [4.78, 5) is 13.1. The number of benzene rings is 3. The lowest BCUT2D eigenvalue weighted by Crippen LogP contribution is -2.41. The number of hydrogen-bond donors (Lipinski definition) is 1.